The monoisotopic (exact) mass is 287 g/mol. The lowest BCUT2D eigenvalue weighted by atomic mass is 9.91. The van der Waals surface area contributed by atoms with Crippen LogP contribution >= 0.6 is 0 Å². The van der Waals surface area contributed by atoms with Gasteiger partial charge in [-0.15, -0.1) is 0 Å². The highest BCUT2D eigenvalue weighted by atomic mass is 16.4. The fraction of sp³-hybridized carbons (Fsp3) is 0.562. The number of nitrogens with zero attached hydrogens (tertiary/aromatic N) is 3. The summed E-state index contributed by atoms with van der Waals surface area (Å²) in [6, 6.07) is 4.23. The maximum atomic E-state index is 10.6. The Morgan fingerprint density at radius 3 is 2.71 bits per heavy atom. The lowest BCUT2D eigenvalue weighted by molar-refractivity contribution is -0.137. The molecule has 112 valence electrons. The zero-order chi connectivity index (χ0) is 15.4. The van der Waals surface area contributed by atoms with Crippen molar-refractivity contribution in [1.29, 1.82) is 5.26 Å². The molecule has 1 saturated heterocycles. The molecule has 5 nitrogen and oxygen atoms in total. The number of rotatable bonds is 4. The van der Waals surface area contributed by atoms with Crippen LogP contribution in [0, 0.1) is 31.1 Å². The van der Waals surface area contributed by atoms with Crippen LogP contribution in [0.25, 0.3) is 0 Å². The number of nitriles is 1. The predicted molar refractivity (Wildman–Crippen MR) is 80.2 cm³/mol. The van der Waals surface area contributed by atoms with Crippen molar-refractivity contribution in [2.45, 2.75) is 39.5 Å². The van der Waals surface area contributed by atoms with Gasteiger partial charge in [0, 0.05) is 25.2 Å². The number of anilines is 1. The van der Waals surface area contributed by atoms with Crippen molar-refractivity contribution in [3.05, 3.63) is 23.0 Å². The van der Waals surface area contributed by atoms with E-state index in [9.17, 15) is 10.1 Å². The number of carboxylic acids is 1. The first-order chi connectivity index (χ1) is 10.0. The predicted octanol–water partition coefficient (Wildman–Crippen LogP) is 2.65. The van der Waals surface area contributed by atoms with E-state index in [1.54, 1.807) is 0 Å². The second-order valence-corrected chi connectivity index (χ2v) is 5.72. The third-order valence-corrected chi connectivity index (χ3v) is 4.14. The van der Waals surface area contributed by atoms with Gasteiger partial charge in [-0.3, -0.25) is 9.78 Å². The van der Waals surface area contributed by atoms with Crippen LogP contribution in [0.4, 0.5) is 5.69 Å². The Morgan fingerprint density at radius 1 is 1.48 bits per heavy atom. The van der Waals surface area contributed by atoms with Gasteiger partial charge in [0.15, 0.2) is 0 Å². The molecule has 21 heavy (non-hydrogen) atoms. The van der Waals surface area contributed by atoms with Crippen molar-refractivity contribution >= 4 is 11.7 Å². The molecule has 1 aromatic heterocycles. The van der Waals surface area contributed by atoms with Gasteiger partial charge in [0.1, 0.15) is 6.07 Å². The zero-order valence-electron chi connectivity index (χ0n) is 12.6. The minimum Gasteiger partial charge on any atom is -0.481 e. The van der Waals surface area contributed by atoms with Crippen molar-refractivity contribution in [2.75, 3.05) is 18.0 Å². The summed E-state index contributed by atoms with van der Waals surface area (Å²) in [5, 5.41) is 18.1. The molecule has 0 aromatic carbocycles. The minimum absolute atomic E-state index is 0.252. The second kappa shape index (κ2) is 6.57. The van der Waals surface area contributed by atoms with Gasteiger partial charge in [0.05, 0.1) is 16.9 Å². The fourth-order valence-electron chi connectivity index (χ4n) is 2.99. The van der Waals surface area contributed by atoms with Crippen molar-refractivity contribution < 1.29 is 9.90 Å². The van der Waals surface area contributed by atoms with Gasteiger partial charge in [0.25, 0.3) is 0 Å². The van der Waals surface area contributed by atoms with E-state index in [4.69, 9.17) is 5.11 Å². The van der Waals surface area contributed by atoms with E-state index >= 15 is 0 Å². The Kier molecular flexibility index (Phi) is 4.79. The highest BCUT2D eigenvalue weighted by Gasteiger charge is 2.22. The summed E-state index contributed by atoms with van der Waals surface area (Å²) in [5.74, 6) is -0.239. The van der Waals surface area contributed by atoms with E-state index in [0.29, 0.717) is 11.5 Å². The lowest BCUT2D eigenvalue weighted by Gasteiger charge is -2.34. The van der Waals surface area contributed by atoms with Crippen LogP contribution in [0.1, 0.15) is 42.6 Å². The summed E-state index contributed by atoms with van der Waals surface area (Å²) in [4.78, 5) is 17.2. The molecular formula is C16H21N3O2. The van der Waals surface area contributed by atoms with Crippen molar-refractivity contribution in [3.63, 3.8) is 0 Å². The molecule has 0 unspecified atom stereocenters. The maximum Gasteiger partial charge on any atom is 0.303 e. The van der Waals surface area contributed by atoms with Crippen LogP contribution in [0.15, 0.2) is 6.07 Å². The molecule has 1 aromatic rings. The number of aliphatic carboxylic acids is 1. The van der Waals surface area contributed by atoms with Crippen LogP contribution in [-0.4, -0.2) is 29.1 Å². The van der Waals surface area contributed by atoms with E-state index in [-0.39, 0.29) is 6.42 Å². The molecule has 0 radical (unpaired) electrons. The largest absolute Gasteiger partial charge is 0.481 e. The third-order valence-electron chi connectivity index (χ3n) is 4.14. The molecule has 2 rings (SSSR count). The molecule has 0 bridgehead atoms. The van der Waals surface area contributed by atoms with Crippen LogP contribution < -0.4 is 4.90 Å². The number of piperidine rings is 1. The fourth-order valence-corrected chi connectivity index (χ4v) is 2.99. The summed E-state index contributed by atoms with van der Waals surface area (Å²) in [5.41, 5.74) is 3.33. The van der Waals surface area contributed by atoms with Crippen LogP contribution in [0.2, 0.25) is 0 Å². The molecule has 0 amide bonds. The Balaban J connectivity index is 2.06. The Hall–Kier alpha value is -2.09. The van der Waals surface area contributed by atoms with Gasteiger partial charge in [-0.2, -0.15) is 5.26 Å². The standard InChI is InChI=1S/C16H21N3O2/c1-11-9-15(14(10-17)12(2)18-11)19-7-5-13(6-8-19)3-4-16(20)21/h9,13H,3-8H2,1-2H3,(H,20,21). The van der Waals surface area contributed by atoms with E-state index in [0.717, 1.165) is 49.4 Å². The van der Waals surface area contributed by atoms with Gasteiger partial charge in [0.2, 0.25) is 0 Å². The molecule has 5 heteroatoms. The Bertz CT molecular complexity index is 570. The molecule has 1 fully saturated rings. The van der Waals surface area contributed by atoms with Gasteiger partial charge >= 0.3 is 5.97 Å². The molecule has 2 heterocycles. The normalized spacial score (nSPS) is 15.8. The van der Waals surface area contributed by atoms with Crippen LogP contribution in [-0.2, 0) is 4.79 Å². The van der Waals surface area contributed by atoms with Gasteiger partial charge in [-0.25, -0.2) is 0 Å². The molecular weight excluding hydrogens is 266 g/mol. The van der Waals surface area contributed by atoms with Crippen molar-refractivity contribution in [3.8, 4) is 6.07 Å². The van der Waals surface area contributed by atoms with E-state index in [2.05, 4.69) is 16.0 Å². The number of aryl methyl sites for hydroxylation is 2. The maximum absolute atomic E-state index is 10.6. The topological polar surface area (TPSA) is 77.2 Å². The van der Waals surface area contributed by atoms with Crippen LogP contribution in [0.5, 0.6) is 0 Å². The molecule has 0 atom stereocenters. The first-order valence-corrected chi connectivity index (χ1v) is 7.36. The SMILES string of the molecule is Cc1cc(N2CCC(CCC(=O)O)CC2)c(C#N)c(C)n1. The average Bonchev–Trinajstić information content (AvgIpc) is 2.45. The molecule has 1 N–H and O–H groups in total. The summed E-state index contributed by atoms with van der Waals surface area (Å²) in [6.45, 7) is 5.57. The first kappa shape index (κ1) is 15.3. The summed E-state index contributed by atoms with van der Waals surface area (Å²) < 4.78 is 0. The smallest absolute Gasteiger partial charge is 0.303 e. The number of carboxylic acid groups (broad SMARTS) is 1. The molecule has 0 spiro atoms. The van der Waals surface area contributed by atoms with Gasteiger partial charge in [-0.1, -0.05) is 0 Å². The summed E-state index contributed by atoms with van der Waals surface area (Å²) in [7, 11) is 0. The highest BCUT2D eigenvalue weighted by Crippen LogP contribution is 2.29. The van der Waals surface area contributed by atoms with E-state index in [1.807, 2.05) is 19.9 Å². The van der Waals surface area contributed by atoms with Crippen molar-refractivity contribution in [2.24, 2.45) is 5.92 Å². The number of aromatic nitrogens is 1. The third kappa shape index (κ3) is 3.72. The second-order valence-electron chi connectivity index (χ2n) is 5.72. The summed E-state index contributed by atoms with van der Waals surface area (Å²) in [6.07, 6.45) is 2.97. The highest BCUT2D eigenvalue weighted by molar-refractivity contribution is 5.66. The first-order valence-electron chi connectivity index (χ1n) is 7.36. The quantitative estimate of drug-likeness (QED) is 0.921. The van der Waals surface area contributed by atoms with Gasteiger partial charge < -0.3 is 10.0 Å². The van der Waals surface area contributed by atoms with E-state index in [1.165, 1.54) is 0 Å². The molecule has 0 saturated carbocycles. The van der Waals surface area contributed by atoms with Crippen LogP contribution in [0.3, 0.4) is 0 Å². The lowest BCUT2D eigenvalue weighted by Crippen LogP contribution is -2.34. The number of carbonyl (C=O) groups is 1. The number of hydrogen-bond acceptors (Lipinski definition) is 4. The average molecular weight is 287 g/mol. The van der Waals surface area contributed by atoms with E-state index < -0.39 is 5.97 Å². The number of hydrogen-bond donors (Lipinski definition) is 1. The molecule has 0 aliphatic carbocycles. The molecule has 1 aliphatic rings. The van der Waals surface area contributed by atoms with Gasteiger partial charge in [-0.05, 0) is 45.1 Å². The zero-order valence-corrected chi connectivity index (χ0v) is 12.6. The Labute approximate surface area is 125 Å². The number of pyridine rings is 1. The summed E-state index contributed by atoms with van der Waals surface area (Å²) >= 11 is 0. The van der Waals surface area contributed by atoms with Crippen molar-refractivity contribution in [1.82, 2.24) is 4.98 Å². The molecule has 1 aliphatic heterocycles. The Morgan fingerprint density at radius 2 is 2.14 bits per heavy atom. The minimum atomic E-state index is -0.718.